The highest BCUT2D eigenvalue weighted by atomic mass is 35.5. The van der Waals surface area contributed by atoms with Crippen LogP contribution in [0, 0.1) is 19.7 Å². The Hall–Kier alpha value is -3.06. The van der Waals surface area contributed by atoms with Crippen molar-refractivity contribution in [1.82, 2.24) is 14.5 Å². The topological polar surface area (TPSA) is 74.1 Å². The molecule has 6 nitrogen and oxygen atoms in total. The van der Waals surface area contributed by atoms with Crippen LogP contribution in [0.15, 0.2) is 41.5 Å². The summed E-state index contributed by atoms with van der Waals surface area (Å²) in [5, 5.41) is 0.192. The van der Waals surface area contributed by atoms with E-state index in [4.69, 9.17) is 16.3 Å². The van der Waals surface area contributed by atoms with Crippen molar-refractivity contribution in [2.24, 2.45) is 0 Å². The number of aryl methyl sites for hydroxylation is 2. The SMILES string of the molecule is CC(=O)c1cc(-n2c(C)cc(OCc3ncc(Cl)cc3F)cc2=O)c(C)cn1. The molecule has 3 rings (SSSR count). The van der Waals surface area contributed by atoms with Crippen LogP contribution in [0.2, 0.25) is 5.02 Å². The summed E-state index contributed by atoms with van der Waals surface area (Å²) in [6.45, 7) is 4.81. The standard InChI is InChI=1S/C20H17ClFN3O3/c1-11-8-23-17(13(3)26)7-19(11)25-12(2)4-15(6-20(25)27)28-10-18-16(22)5-14(21)9-24-18/h4-9H,10H2,1-3H3. The highest BCUT2D eigenvalue weighted by molar-refractivity contribution is 6.30. The number of ketones is 1. The van der Waals surface area contributed by atoms with Gasteiger partial charge in [0.05, 0.1) is 10.7 Å². The predicted octanol–water partition coefficient (Wildman–Crippen LogP) is 3.82. The molecule has 0 aliphatic rings. The molecule has 144 valence electrons. The third-order valence-electron chi connectivity index (χ3n) is 4.13. The third-order valence-corrected chi connectivity index (χ3v) is 4.33. The maximum Gasteiger partial charge on any atom is 0.259 e. The van der Waals surface area contributed by atoms with E-state index < -0.39 is 5.82 Å². The number of nitrogens with zero attached hydrogens (tertiary/aromatic N) is 3. The molecule has 0 fully saturated rings. The predicted molar refractivity (Wildman–Crippen MR) is 103 cm³/mol. The molecule has 0 aromatic carbocycles. The average molecular weight is 402 g/mol. The van der Waals surface area contributed by atoms with E-state index in [1.54, 1.807) is 32.2 Å². The second-order valence-corrected chi connectivity index (χ2v) is 6.73. The zero-order valence-corrected chi connectivity index (χ0v) is 16.2. The Balaban J connectivity index is 1.92. The molecular formula is C20H17ClFN3O3. The minimum absolute atomic E-state index is 0.0855. The van der Waals surface area contributed by atoms with Crippen LogP contribution in [0.3, 0.4) is 0 Å². The number of pyridine rings is 3. The van der Waals surface area contributed by atoms with Gasteiger partial charge in [0.2, 0.25) is 0 Å². The monoisotopic (exact) mass is 401 g/mol. The van der Waals surface area contributed by atoms with Gasteiger partial charge in [-0.1, -0.05) is 11.6 Å². The minimum Gasteiger partial charge on any atom is -0.487 e. The van der Waals surface area contributed by atoms with E-state index in [-0.39, 0.29) is 40.1 Å². The number of hydrogen-bond donors (Lipinski definition) is 0. The molecule has 8 heteroatoms. The van der Waals surface area contributed by atoms with Crippen LogP contribution in [-0.2, 0) is 6.61 Å². The fourth-order valence-electron chi connectivity index (χ4n) is 2.71. The van der Waals surface area contributed by atoms with E-state index in [2.05, 4.69) is 9.97 Å². The van der Waals surface area contributed by atoms with E-state index in [1.165, 1.54) is 23.8 Å². The van der Waals surface area contributed by atoms with E-state index in [1.807, 2.05) is 0 Å². The van der Waals surface area contributed by atoms with Gasteiger partial charge in [-0.15, -0.1) is 0 Å². The Morgan fingerprint density at radius 1 is 1.18 bits per heavy atom. The first-order valence-corrected chi connectivity index (χ1v) is 8.78. The third kappa shape index (κ3) is 4.09. The summed E-state index contributed by atoms with van der Waals surface area (Å²) < 4.78 is 20.8. The number of Topliss-reactive ketones (excluding diaryl/α,β-unsaturated/α-hetero) is 1. The second-order valence-electron chi connectivity index (χ2n) is 6.29. The van der Waals surface area contributed by atoms with Crippen LogP contribution in [0.4, 0.5) is 4.39 Å². The lowest BCUT2D eigenvalue weighted by atomic mass is 10.1. The van der Waals surface area contributed by atoms with Crippen LogP contribution in [0.1, 0.15) is 34.4 Å². The molecule has 0 aliphatic carbocycles. The quantitative estimate of drug-likeness (QED) is 0.607. The van der Waals surface area contributed by atoms with Gasteiger partial charge in [-0.2, -0.15) is 0 Å². The van der Waals surface area contributed by atoms with Crippen molar-refractivity contribution in [2.45, 2.75) is 27.4 Å². The van der Waals surface area contributed by atoms with E-state index in [9.17, 15) is 14.0 Å². The summed E-state index contributed by atoms with van der Waals surface area (Å²) in [6.07, 6.45) is 2.88. The van der Waals surface area contributed by atoms with Crippen LogP contribution >= 0.6 is 11.6 Å². The molecule has 0 amide bonds. The first kappa shape index (κ1) is 19.7. The summed E-state index contributed by atoms with van der Waals surface area (Å²) in [5.41, 5.74) is 1.92. The van der Waals surface area contributed by atoms with Crippen molar-refractivity contribution in [2.75, 3.05) is 0 Å². The lowest BCUT2D eigenvalue weighted by Crippen LogP contribution is -2.21. The maximum absolute atomic E-state index is 13.8. The number of carbonyl (C=O) groups excluding carboxylic acids is 1. The van der Waals surface area contributed by atoms with Gasteiger partial charge in [-0.05, 0) is 31.5 Å². The Morgan fingerprint density at radius 3 is 2.57 bits per heavy atom. The van der Waals surface area contributed by atoms with Crippen LogP contribution in [0.5, 0.6) is 5.75 Å². The van der Waals surface area contributed by atoms with Crippen molar-refractivity contribution in [3.8, 4) is 11.4 Å². The second kappa shape index (κ2) is 7.90. The number of rotatable bonds is 5. The smallest absolute Gasteiger partial charge is 0.259 e. The van der Waals surface area contributed by atoms with Crippen LogP contribution < -0.4 is 10.3 Å². The lowest BCUT2D eigenvalue weighted by Gasteiger charge is -2.15. The number of aromatic nitrogens is 3. The summed E-state index contributed by atoms with van der Waals surface area (Å²) in [7, 11) is 0. The van der Waals surface area contributed by atoms with Gasteiger partial charge in [-0.25, -0.2) is 4.39 Å². The van der Waals surface area contributed by atoms with Crippen LogP contribution in [-0.4, -0.2) is 20.3 Å². The zero-order valence-electron chi connectivity index (χ0n) is 15.5. The minimum atomic E-state index is -0.582. The van der Waals surface area contributed by atoms with Gasteiger partial charge in [0, 0.05) is 37.1 Å². The Labute approximate surface area is 165 Å². The van der Waals surface area contributed by atoms with Gasteiger partial charge in [0.25, 0.3) is 5.56 Å². The molecule has 0 saturated carbocycles. The molecule has 0 spiro atoms. The zero-order chi connectivity index (χ0) is 20.4. The van der Waals surface area contributed by atoms with Gasteiger partial charge >= 0.3 is 0 Å². The van der Waals surface area contributed by atoms with Gasteiger partial charge in [0.15, 0.2) is 5.78 Å². The molecular weight excluding hydrogens is 385 g/mol. The highest BCUT2D eigenvalue weighted by Crippen LogP contribution is 2.19. The molecule has 0 bridgehead atoms. The Morgan fingerprint density at radius 2 is 1.93 bits per heavy atom. The lowest BCUT2D eigenvalue weighted by molar-refractivity contribution is 0.101. The normalized spacial score (nSPS) is 10.8. The number of carbonyl (C=O) groups is 1. The fourth-order valence-corrected chi connectivity index (χ4v) is 2.86. The van der Waals surface area contributed by atoms with Crippen molar-refractivity contribution in [1.29, 1.82) is 0 Å². The molecule has 0 saturated heterocycles. The first-order valence-electron chi connectivity index (χ1n) is 8.40. The van der Waals surface area contributed by atoms with Gasteiger partial charge < -0.3 is 4.74 Å². The molecule has 0 aliphatic heterocycles. The van der Waals surface area contributed by atoms with Gasteiger partial charge in [-0.3, -0.25) is 24.1 Å². The van der Waals surface area contributed by atoms with Crippen molar-refractivity contribution < 1.29 is 13.9 Å². The summed E-state index contributed by atoms with van der Waals surface area (Å²) >= 11 is 5.68. The summed E-state index contributed by atoms with van der Waals surface area (Å²) in [4.78, 5) is 32.3. The molecule has 0 radical (unpaired) electrons. The maximum atomic E-state index is 13.8. The van der Waals surface area contributed by atoms with Gasteiger partial charge in [0.1, 0.15) is 29.6 Å². The van der Waals surface area contributed by atoms with E-state index >= 15 is 0 Å². The van der Waals surface area contributed by atoms with E-state index in [0.29, 0.717) is 11.4 Å². The highest BCUT2D eigenvalue weighted by Gasteiger charge is 2.13. The average Bonchev–Trinajstić information content (AvgIpc) is 2.61. The summed E-state index contributed by atoms with van der Waals surface area (Å²) in [6, 6.07) is 5.69. The van der Waals surface area contributed by atoms with Crippen molar-refractivity contribution in [3.63, 3.8) is 0 Å². The number of hydrogen-bond acceptors (Lipinski definition) is 5. The molecule has 3 aromatic rings. The molecule has 3 heterocycles. The Bertz CT molecular complexity index is 1130. The molecule has 0 atom stereocenters. The number of ether oxygens (including phenoxy) is 1. The molecule has 0 unspecified atom stereocenters. The summed E-state index contributed by atoms with van der Waals surface area (Å²) in [5.74, 6) is -0.487. The fraction of sp³-hybridized carbons (Fsp3) is 0.200. The largest absolute Gasteiger partial charge is 0.487 e. The van der Waals surface area contributed by atoms with Crippen molar-refractivity contribution >= 4 is 17.4 Å². The van der Waals surface area contributed by atoms with Crippen molar-refractivity contribution in [3.05, 3.63) is 80.5 Å². The van der Waals surface area contributed by atoms with E-state index in [0.717, 1.165) is 11.6 Å². The molecule has 3 aromatic heterocycles. The first-order chi connectivity index (χ1) is 13.3. The number of halogens is 2. The van der Waals surface area contributed by atoms with Crippen LogP contribution in [0.25, 0.3) is 5.69 Å². The molecule has 28 heavy (non-hydrogen) atoms. The molecule has 0 N–H and O–H groups in total. The Kier molecular flexibility index (Phi) is 5.56.